The lowest BCUT2D eigenvalue weighted by Crippen LogP contribution is -2.46. The molecule has 6 heteroatoms. The van der Waals surface area contributed by atoms with Gasteiger partial charge in [-0.3, -0.25) is 4.79 Å². The van der Waals surface area contributed by atoms with Crippen LogP contribution < -0.4 is 0 Å². The number of amides is 2. The van der Waals surface area contributed by atoms with Crippen LogP contribution in [0.2, 0.25) is 0 Å². The Bertz CT molecular complexity index is 461. The number of hydrogen-bond donors (Lipinski definition) is 0. The first-order valence-corrected chi connectivity index (χ1v) is 6.24. The molecular formula is C13H18N2O4. The second-order valence-corrected chi connectivity index (χ2v) is 5.36. The van der Waals surface area contributed by atoms with Crippen LogP contribution in [0.4, 0.5) is 4.79 Å². The summed E-state index contributed by atoms with van der Waals surface area (Å²) in [6, 6.07) is 3.22. The Hall–Kier alpha value is -1.98. The third-order valence-electron chi connectivity index (χ3n) is 2.60. The zero-order valence-corrected chi connectivity index (χ0v) is 11.4. The van der Waals surface area contributed by atoms with E-state index in [0.717, 1.165) is 6.42 Å². The second-order valence-electron chi connectivity index (χ2n) is 5.36. The van der Waals surface area contributed by atoms with Crippen molar-refractivity contribution in [1.29, 1.82) is 0 Å². The molecule has 2 amide bonds. The van der Waals surface area contributed by atoms with Gasteiger partial charge in [0.25, 0.3) is 0 Å². The van der Waals surface area contributed by atoms with Crippen molar-refractivity contribution in [3.63, 3.8) is 0 Å². The molecule has 1 fully saturated rings. The van der Waals surface area contributed by atoms with Gasteiger partial charge in [0, 0.05) is 13.1 Å². The molecule has 0 unspecified atom stereocenters. The summed E-state index contributed by atoms with van der Waals surface area (Å²) < 4.78 is 10.3. The number of rotatable bonds is 1. The average Bonchev–Trinajstić information content (AvgIpc) is 2.97. The number of nitrogens with zero attached hydrogens (tertiary/aromatic N) is 2. The van der Waals surface area contributed by atoms with Crippen LogP contribution in [0.15, 0.2) is 22.8 Å². The molecule has 2 heterocycles. The molecule has 0 spiro atoms. The van der Waals surface area contributed by atoms with Crippen LogP contribution in [0.1, 0.15) is 37.7 Å². The van der Waals surface area contributed by atoms with Crippen molar-refractivity contribution in [2.24, 2.45) is 0 Å². The molecule has 1 aromatic heterocycles. The van der Waals surface area contributed by atoms with Gasteiger partial charge in [-0.15, -0.1) is 0 Å². The molecule has 19 heavy (non-hydrogen) atoms. The van der Waals surface area contributed by atoms with Crippen molar-refractivity contribution >= 4 is 12.0 Å². The minimum absolute atomic E-state index is 0.218. The summed E-state index contributed by atoms with van der Waals surface area (Å²) in [5.41, 5.74) is -0.584. The van der Waals surface area contributed by atoms with Crippen LogP contribution in [0, 0.1) is 0 Å². The monoisotopic (exact) mass is 266 g/mol. The zero-order valence-electron chi connectivity index (χ0n) is 11.4. The molecule has 104 valence electrons. The SMILES string of the molecule is CC(C)(C)OC(=O)N1CCCN1C(=O)c1ccco1. The van der Waals surface area contributed by atoms with E-state index < -0.39 is 11.7 Å². The minimum atomic E-state index is -0.584. The standard InChI is InChI=1S/C13H18N2O4/c1-13(2,3)19-12(17)15-8-5-7-14(15)11(16)10-6-4-9-18-10/h4,6,9H,5,7-8H2,1-3H3. The summed E-state index contributed by atoms with van der Waals surface area (Å²) in [6.45, 7) is 6.33. The summed E-state index contributed by atoms with van der Waals surface area (Å²) in [4.78, 5) is 24.2. The van der Waals surface area contributed by atoms with Gasteiger partial charge in [0.1, 0.15) is 5.60 Å². The molecular weight excluding hydrogens is 248 g/mol. The van der Waals surface area contributed by atoms with E-state index >= 15 is 0 Å². The van der Waals surface area contributed by atoms with Crippen molar-refractivity contribution in [3.05, 3.63) is 24.2 Å². The Morgan fingerprint density at radius 2 is 1.95 bits per heavy atom. The van der Waals surface area contributed by atoms with Crippen LogP contribution in [0.3, 0.4) is 0 Å². The van der Waals surface area contributed by atoms with Gasteiger partial charge in [-0.2, -0.15) is 0 Å². The highest BCUT2D eigenvalue weighted by molar-refractivity contribution is 5.92. The van der Waals surface area contributed by atoms with E-state index in [1.807, 2.05) is 0 Å². The second kappa shape index (κ2) is 4.95. The van der Waals surface area contributed by atoms with Gasteiger partial charge < -0.3 is 9.15 Å². The summed E-state index contributed by atoms with van der Waals surface area (Å²) in [6.07, 6.45) is 1.65. The molecule has 1 aliphatic rings. The number of ether oxygens (including phenoxy) is 1. The number of carbonyl (C=O) groups is 2. The van der Waals surface area contributed by atoms with Crippen LogP contribution in [-0.4, -0.2) is 40.7 Å². The lowest BCUT2D eigenvalue weighted by atomic mass is 10.2. The van der Waals surface area contributed by atoms with Gasteiger partial charge in [0.05, 0.1) is 6.26 Å². The molecule has 0 bridgehead atoms. The lowest BCUT2D eigenvalue weighted by Gasteiger charge is -2.29. The van der Waals surface area contributed by atoms with Gasteiger partial charge >= 0.3 is 12.0 Å². The van der Waals surface area contributed by atoms with E-state index in [1.165, 1.54) is 16.3 Å². The molecule has 0 N–H and O–H groups in total. The summed E-state index contributed by atoms with van der Waals surface area (Å²) in [5, 5.41) is 2.70. The van der Waals surface area contributed by atoms with E-state index in [1.54, 1.807) is 32.9 Å². The van der Waals surface area contributed by atoms with E-state index in [9.17, 15) is 9.59 Å². The first-order chi connectivity index (χ1) is 8.88. The Morgan fingerprint density at radius 1 is 1.26 bits per heavy atom. The molecule has 1 aliphatic heterocycles. The molecule has 0 aromatic carbocycles. The number of carbonyl (C=O) groups excluding carboxylic acids is 2. The average molecular weight is 266 g/mol. The van der Waals surface area contributed by atoms with Gasteiger partial charge in [-0.05, 0) is 39.3 Å². The largest absolute Gasteiger partial charge is 0.459 e. The molecule has 0 aliphatic carbocycles. The molecule has 0 atom stereocenters. The fourth-order valence-electron chi connectivity index (χ4n) is 1.85. The van der Waals surface area contributed by atoms with E-state index in [2.05, 4.69) is 0 Å². The first kappa shape index (κ1) is 13.5. The van der Waals surface area contributed by atoms with Crippen molar-refractivity contribution in [1.82, 2.24) is 10.0 Å². The molecule has 2 rings (SSSR count). The van der Waals surface area contributed by atoms with Gasteiger partial charge in [0.15, 0.2) is 5.76 Å². The quantitative estimate of drug-likeness (QED) is 0.782. The maximum absolute atomic E-state index is 12.2. The van der Waals surface area contributed by atoms with Gasteiger partial charge in [-0.1, -0.05) is 0 Å². The van der Waals surface area contributed by atoms with Gasteiger partial charge in [0.2, 0.25) is 0 Å². The van der Waals surface area contributed by atoms with Gasteiger partial charge in [-0.25, -0.2) is 14.8 Å². The van der Waals surface area contributed by atoms with Crippen molar-refractivity contribution < 1.29 is 18.7 Å². The van der Waals surface area contributed by atoms with Crippen LogP contribution in [-0.2, 0) is 4.74 Å². The zero-order chi connectivity index (χ0) is 14.0. The van der Waals surface area contributed by atoms with E-state index in [4.69, 9.17) is 9.15 Å². The Morgan fingerprint density at radius 3 is 2.53 bits per heavy atom. The Balaban J connectivity index is 2.09. The lowest BCUT2D eigenvalue weighted by molar-refractivity contribution is -0.0203. The molecule has 1 saturated heterocycles. The summed E-state index contributed by atoms with van der Waals surface area (Å²) >= 11 is 0. The highest BCUT2D eigenvalue weighted by Gasteiger charge is 2.35. The third kappa shape index (κ3) is 3.07. The van der Waals surface area contributed by atoms with Crippen LogP contribution in [0.25, 0.3) is 0 Å². The topological polar surface area (TPSA) is 63.0 Å². The third-order valence-corrected chi connectivity index (χ3v) is 2.60. The van der Waals surface area contributed by atoms with E-state index in [-0.39, 0.29) is 11.7 Å². The number of furan rings is 1. The Kier molecular flexibility index (Phi) is 3.50. The predicted octanol–water partition coefficient (Wildman–Crippen LogP) is 2.28. The van der Waals surface area contributed by atoms with Crippen molar-refractivity contribution in [2.75, 3.05) is 13.1 Å². The fraction of sp³-hybridized carbons (Fsp3) is 0.538. The summed E-state index contributed by atoms with van der Waals surface area (Å²) in [7, 11) is 0. The summed E-state index contributed by atoms with van der Waals surface area (Å²) in [5.74, 6) is -0.108. The number of hydrogen-bond acceptors (Lipinski definition) is 4. The highest BCUT2D eigenvalue weighted by atomic mass is 16.6. The minimum Gasteiger partial charge on any atom is -0.459 e. The van der Waals surface area contributed by atoms with E-state index in [0.29, 0.717) is 13.1 Å². The normalized spacial score (nSPS) is 15.7. The predicted molar refractivity (Wildman–Crippen MR) is 67.3 cm³/mol. The first-order valence-electron chi connectivity index (χ1n) is 6.24. The van der Waals surface area contributed by atoms with Crippen LogP contribution in [0.5, 0.6) is 0 Å². The molecule has 0 saturated carbocycles. The number of hydrazine groups is 1. The Labute approximate surface area is 111 Å². The molecule has 1 aromatic rings. The highest BCUT2D eigenvalue weighted by Crippen LogP contribution is 2.19. The van der Waals surface area contributed by atoms with Crippen molar-refractivity contribution in [3.8, 4) is 0 Å². The molecule has 0 radical (unpaired) electrons. The van der Waals surface area contributed by atoms with Crippen LogP contribution >= 0.6 is 0 Å². The maximum atomic E-state index is 12.2. The maximum Gasteiger partial charge on any atom is 0.429 e. The molecule has 6 nitrogen and oxygen atoms in total. The fourth-order valence-corrected chi connectivity index (χ4v) is 1.85. The van der Waals surface area contributed by atoms with Crippen molar-refractivity contribution in [2.45, 2.75) is 32.8 Å². The smallest absolute Gasteiger partial charge is 0.429 e.